The molecule has 2 rings (SSSR count). The first kappa shape index (κ1) is 12.5. The molecule has 1 fully saturated rings. The predicted molar refractivity (Wildman–Crippen MR) is 63.9 cm³/mol. The number of nitrogens with two attached hydrogens (primary N) is 1. The Kier molecular flexibility index (Phi) is 3.50. The molecule has 1 atom stereocenters. The average molecular weight is 258 g/mol. The Morgan fingerprint density at radius 3 is 3.00 bits per heavy atom. The van der Waals surface area contributed by atoms with E-state index in [1.807, 2.05) is 6.92 Å². The van der Waals surface area contributed by atoms with E-state index in [0.717, 1.165) is 12.8 Å². The van der Waals surface area contributed by atoms with E-state index in [1.54, 1.807) is 6.07 Å². The summed E-state index contributed by atoms with van der Waals surface area (Å²) in [6.45, 7) is 3.36. The first-order valence-corrected chi connectivity index (χ1v) is 7.27. The highest BCUT2D eigenvalue weighted by Gasteiger charge is 2.30. The van der Waals surface area contributed by atoms with E-state index in [2.05, 4.69) is 5.10 Å². The van der Waals surface area contributed by atoms with Crippen LogP contribution in [0, 0.1) is 0 Å². The Labute approximate surface area is 101 Å². The van der Waals surface area contributed by atoms with Crippen molar-refractivity contribution >= 4 is 10.0 Å². The highest BCUT2D eigenvalue weighted by atomic mass is 32.2. The maximum atomic E-state index is 12.4. The van der Waals surface area contributed by atoms with Crippen molar-refractivity contribution in [3.05, 3.63) is 12.3 Å². The van der Waals surface area contributed by atoms with Crippen LogP contribution in [0.25, 0.3) is 0 Å². The predicted octanol–water partition coefficient (Wildman–Crippen LogP) is 0.0148. The molecule has 6 nitrogen and oxygen atoms in total. The summed E-state index contributed by atoms with van der Waals surface area (Å²) < 4.78 is 27.7. The van der Waals surface area contributed by atoms with Crippen LogP contribution in [0.1, 0.15) is 19.8 Å². The summed E-state index contributed by atoms with van der Waals surface area (Å²) >= 11 is 0. The van der Waals surface area contributed by atoms with Gasteiger partial charge in [-0.3, -0.25) is 4.68 Å². The largest absolute Gasteiger partial charge is 0.327 e. The van der Waals surface area contributed by atoms with Crippen LogP contribution in [0.5, 0.6) is 0 Å². The minimum atomic E-state index is -3.44. The standard InChI is InChI=1S/C10H18N4O2S/c1-2-14-10(5-6-12-14)17(15,16)13-7-3-4-9(11)8-13/h5-6,9H,2-4,7-8,11H2,1H3/t9-/m1/s1. The van der Waals surface area contributed by atoms with Gasteiger partial charge in [-0.15, -0.1) is 0 Å². The second-order valence-corrected chi connectivity index (χ2v) is 6.14. The van der Waals surface area contributed by atoms with Crippen molar-refractivity contribution in [2.24, 2.45) is 5.73 Å². The number of nitrogens with zero attached hydrogens (tertiary/aromatic N) is 3. The van der Waals surface area contributed by atoms with Crippen LogP contribution in [0.3, 0.4) is 0 Å². The van der Waals surface area contributed by atoms with Gasteiger partial charge in [-0.05, 0) is 25.8 Å². The molecule has 0 unspecified atom stereocenters. The molecule has 0 aliphatic carbocycles. The molecule has 0 amide bonds. The summed E-state index contributed by atoms with van der Waals surface area (Å²) in [5.41, 5.74) is 5.82. The fraction of sp³-hybridized carbons (Fsp3) is 0.700. The molecule has 1 saturated heterocycles. The van der Waals surface area contributed by atoms with Crippen LogP contribution in [-0.2, 0) is 16.6 Å². The second-order valence-electron chi connectivity index (χ2n) is 4.25. The minimum Gasteiger partial charge on any atom is -0.327 e. The summed E-state index contributed by atoms with van der Waals surface area (Å²) in [4.78, 5) is 0. The Balaban J connectivity index is 2.30. The molecular weight excluding hydrogens is 240 g/mol. The zero-order valence-electron chi connectivity index (χ0n) is 9.91. The lowest BCUT2D eigenvalue weighted by Gasteiger charge is -2.29. The monoisotopic (exact) mass is 258 g/mol. The van der Waals surface area contributed by atoms with Crippen molar-refractivity contribution in [1.82, 2.24) is 14.1 Å². The molecule has 2 heterocycles. The van der Waals surface area contributed by atoms with Crippen molar-refractivity contribution in [3.8, 4) is 0 Å². The van der Waals surface area contributed by atoms with Gasteiger partial charge in [0.05, 0.1) is 6.20 Å². The molecule has 7 heteroatoms. The Bertz CT molecular complexity index is 482. The summed E-state index contributed by atoms with van der Waals surface area (Å²) in [5, 5.41) is 4.25. The second kappa shape index (κ2) is 4.75. The molecule has 1 aliphatic rings. The van der Waals surface area contributed by atoms with Crippen molar-refractivity contribution in [3.63, 3.8) is 0 Å². The van der Waals surface area contributed by atoms with E-state index in [9.17, 15) is 8.42 Å². The van der Waals surface area contributed by atoms with Gasteiger partial charge in [-0.1, -0.05) is 0 Å². The lowest BCUT2D eigenvalue weighted by Crippen LogP contribution is -2.46. The zero-order valence-corrected chi connectivity index (χ0v) is 10.7. The van der Waals surface area contributed by atoms with Gasteiger partial charge in [0.15, 0.2) is 5.03 Å². The summed E-state index contributed by atoms with van der Waals surface area (Å²) in [7, 11) is -3.44. The van der Waals surface area contributed by atoms with Gasteiger partial charge in [0.25, 0.3) is 10.0 Å². The van der Waals surface area contributed by atoms with Gasteiger partial charge < -0.3 is 5.73 Å². The number of sulfonamides is 1. The van der Waals surface area contributed by atoms with Gasteiger partial charge in [0.2, 0.25) is 0 Å². The van der Waals surface area contributed by atoms with Gasteiger partial charge in [-0.2, -0.15) is 9.40 Å². The topological polar surface area (TPSA) is 81.2 Å². The maximum absolute atomic E-state index is 12.4. The molecule has 0 spiro atoms. The third kappa shape index (κ3) is 2.36. The minimum absolute atomic E-state index is 0.0588. The summed E-state index contributed by atoms with van der Waals surface area (Å²) in [6.07, 6.45) is 3.22. The third-order valence-corrected chi connectivity index (χ3v) is 4.89. The fourth-order valence-corrected chi connectivity index (χ4v) is 3.80. The van der Waals surface area contributed by atoms with E-state index in [4.69, 9.17) is 5.73 Å². The lowest BCUT2D eigenvalue weighted by atomic mass is 10.1. The van der Waals surface area contributed by atoms with Crippen LogP contribution in [0.4, 0.5) is 0 Å². The normalized spacial score (nSPS) is 22.8. The zero-order chi connectivity index (χ0) is 12.5. The van der Waals surface area contributed by atoms with Crippen molar-refractivity contribution in [1.29, 1.82) is 0 Å². The maximum Gasteiger partial charge on any atom is 0.260 e. The van der Waals surface area contributed by atoms with Gasteiger partial charge in [-0.25, -0.2) is 8.42 Å². The lowest BCUT2D eigenvalue weighted by molar-refractivity contribution is 0.313. The molecule has 0 radical (unpaired) electrons. The van der Waals surface area contributed by atoms with Crippen LogP contribution in [0.2, 0.25) is 0 Å². The number of aromatic nitrogens is 2. The van der Waals surface area contributed by atoms with Gasteiger partial charge >= 0.3 is 0 Å². The number of hydrogen-bond donors (Lipinski definition) is 1. The van der Waals surface area contributed by atoms with Gasteiger partial charge in [0.1, 0.15) is 0 Å². The van der Waals surface area contributed by atoms with E-state index in [0.29, 0.717) is 19.6 Å². The first-order valence-electron chi connectivity index (χ1n) is 5.83. The first-order chi connectivity index (χ1) is 8.05. The smallest absolute Gasteiger partial charge is 0.260 e. The quantitative estimate of drug-likeness (QED) is 0.828. The van der Waals surface area contributed by atoms with Crippen molar-refractivity contribution in [2.75, 3.05) is 13.1 Å². The van der Waals surface area contributed by atoms with E-state index in [-0.39, 0.29) is 11.1 Å². The summed E-state index contributed by atoms with van der Waals surface area (Å²) in [5.74, 6) is 0. The number of rotatable bonds is 3. The van der Waals surface area contributed by atoms with Gasteiger partial charge in [0, 0.05) is 25.7 Å². The van der Waals surface area contributed by atoms with Crippen molar-refractivity contribution in [2.45, 2.75) is 37.4 Å². The third-order valence-electron chi connectivity index (χ3n) is 3.00. The molecular formula is C10H18N4O2S. The Morgan fingerprint density at radius 2 is 2.35 bits per heavy atom. The van der Waals surface area contributed by atoms with E-state index in [1.165, 1.54) is 15.2 Å². The van der Waals surface area contributed by atoms with Crippen molar-refractivity contribution < 1.29 is 8.42 Å². The Morgan fingerprint density at radius 1 is 1.59 bits per heavy atom. The average Bonchev–Trinajstić information content (AvgIpc) is 2.77. The molecule has 1 aromatic heterocycles. The number of aryl methyl sites for hydroxylation is 1. The number of piperidine rings is 1. The molecule has 0 bridgehead atoms. The van der Waals surface area contributed by atoms with E-state index < -0.39 is 10.0 Å². The molecule has 0 aromatic carbocycles. The van der Waals surface area contributed by atoms with Crippen LogP contribution < -0.4 is 5.73 Å². The SMILES string of the molecule is CCn1nccc1S(=O)(=O)N1CCC[C@@H](N)C1. The highest BCUT2D eigenvalue weighted by Crippen LogP contribution is 2.19. The molecule has 2 N–H and O–H groups in total. The molecule has 1 aromatic rings. The molecule has 0 saturated carbocycles. The molecule has 1 aliphatic heterocycles. The fourth-order valence-electron chi connectivity index (χ4n) is 2.10. The molecule has 96 valence electrons. The summed E-state index contributed by atoms with van der Waals surface area (Å²) in [6, 6.07) is 1.48. The molecule has 17 heavy (non-hydrogen) atoms. The highest BCUT2D eigenvalue weighted by molar-refractivity contribution is 7.89. The van der Waals surface area contributed by atoms with Crippen LogP contribution >= 0.6 is 0 Å². The van der Waals surface area contributed by atoms with Crippen LogP contribution in [0.15, 0.2) is 17.3 Å². The van der Waals surface area contributed by atoms with Crippen LogP contribution in [-0.4, -0.2) is 41.6 Å². The Hall–Kier alpha value is -0.920. The van der Waals surface area contributed by atoms with E-state index >= 15 is 0 Å². The number of hydrogen-bond acceptors (Lipinski definition) is 4.